The first-order valence-corrected chi connectivity index (χ1v) is 9.74. The molecule has 0 bridgehead atoms. The topological polar surface area (TPSA) is 77.2 Å². The fraction of sp³-hybridized carbons (Fsp3) is 0.273. The van der Waals surface area contributed by atoms with Crippen LogP contribution < -0.4 is 9.64 Å². The van der Waals surface area contributed by atoms with Gasteiger partial charge >= 0.3 is 0 Å². The average molecular weight is 387 g/mol. The fourth-order valence-corrected chi connectivity index (χ4v) is 3.82. The molecule has 4 aromatic rings. The summed E-state index contributed by atoms with van der Waals surface area (Å²) in [5.74, 6) is 3.34. The Hall–Kier alpha value is -3.48. The van der Waals surface area contributed by atoms with Crippen LogP contribution in [0.5, 0.6) is 5.75 Å². The maximum atomic E-state index is 5.55. The molecule has 0 radical (unpaired) electrons. The Morgan fingerprint density at radius 1 is 1.03 bits per heavy atom. The summed E-state index contributed by atoms with van der Waals surface area (Å²) in [6, 6.07) is 14.0. The predicted octanol–water partition coefficient (Wildman–Crippen LogP) is 4.07. The van der Waals surface area contributed by atoms with Crippen LogP contribution in [0.15, 0.2) is 59.4 Å². The molecular formula is C22H21N5O2. The van der Waals surface area contributed by atoms with Crippen molar-refractivity contribution in [3.8, 4) is 17.1 Å². The fourth-order valence-electron chi connectivity index (χ4n) is 3.82. The van der Waals surface area contributed by atoms with E-state index < -0.39 is 0 Å². The van der Waals surface area contributed by atoms with Crippen molar-refractivity contribution in [2.45, 2.75) is 18.8 Å². The van der Waals surface area contributed by atoms with E-state index >= 15 is 0 Å². The molecular weight excluding hydrogens is 366 g/mol. The first-order chi connectivity index (χ1) is 14.3. The van der Waals surface area contributed by atoms with Gasteiger partial charge in [0.05, 0.1) is 7.11 Å². The first kappa shape index (κ1) is 17.6. The molecule has 0 unspecified atom stereocenters. The van der Waals surface area contributed by atoms with E-state index in [0.29, 0.717) is 11.7 Å². The molecule has 4 heterocycles. The zero-order valence-electron chi connectivity index (χ0n) is 16.2. The van der Waals surface area contributed by atoms with Crippen molar-refractivity contribution in [1.82, 2.24) is 20.1 Å². The van der Waals surface area contributed by atoms with Crippen molar-refractivity contribution in [1.29, 1.82) is 0 Å². The average Bonchev–Trinajstić information content (AvgIpc) is 3.29. The van der Waals surface area contributed by atoms with Crippen LogP contribution in [0.1, 0.15) is 24.7 Å². The molecule has 146 valence electrons. The lowest BCUT2D eigenvalue weighted by atomic mass is 9.96. The van der Waals surface area contributed by atoms with Crippen LogP contribution >= 0.6 is 0 Å². The molecule has 0 amide bonds. The largest absolute Gasteiger partial charge is 0.494 e. The number of methoxy groups -OCH3 is 1. The van der Waals surface area contributed by atoms with E-state index in [9.17, 15) is 0 Å². The second-order valence-electron chi connectivity index (χ2n) is 7.16. The number of fused-ring (bicyclic) bond motifs is 1. The summed E-state index contributed by atoms with van der Waals surface area (Å²) in [4.78, 5) is 15.9. The van der Waals surface area contributed by atoms with Gasteiger partial charge < -0.3 is 14.2 Å². The lowest BCUT2D eigenvalue weighted by molar-refractivity contribution is 0.329. The van der Waals surface area contributed by atoms with Crippen LogP contribution in [-0.4, -0.2) is 40.3 Å². The summed E-state index contributed by atoms with van der Waals surface area (Å²) in [7, 11) is 1.68. The predicted molar refractivity (Wildman–Crippen MR) is 110 cm³/mol. The monoisotopic (exact) mass is 387 g/mol. The smallest absolute Gasteiger partial charge is 0.230 e. The number of anilines is 1. The van der Waals surface area contributed by atoms with Gasteiger partial charge in [0.15, 0.2) is 0 Å². The Kier molecular flexibility index (Phi) is 4.56. The van der Waals surface area contributed by atoms with E-state index in [4.69, 9.17) is 14.2 Å². The molecule has 0 N–H and O–H groups in total. The van der Waals surface area contributed by atoms with Crippen molar-refractivity contribution >= 4 is 16.7 Å². The highest BCUT2D eigenvalue weighted by Gasteiger charge is 2.26. The van der Waals surface area contributed by atoms with Crippen LogP contribution in [0.25, 0.3) is 22.3 Å². The van der Waals surface area contributed by atoms with Crippen LogP contribution in [0.3, 0.4) is 0 Å². The number of hydrogen-bond acceptors (Lipinski definition) is 7. The summed E-state index contributed by atoms with van der Waals surface area (Å²) in [5, 5.41) is 5.21. The van der Waals surface area contributed by atoms with Gasteiger partial charge in [-0.25, -0.2) is 4.98 Å². The third kappa shape index (κ3) is 3.40. The Labute approximate surface area is 168 Å². The second-order valence-corrected chi connectivity index (χ2v) is 7.16. The van der Waals surface area contributed by atoms with Gasteiger partial charge in [0.2, 0.25) is 11.7 Å². The number of rotatable bonds is 4. The van der Waals surface area contributed by atoms with E-state index in [-0.39, 0.29) is 5.92 Å². The number of nitrogens with zero attached hydrogens (tertiary/aromatic N) is 5. The number of piperidine rings is 1. The number of para-hydroxylation sites is 1. The minimum atomic E-state index is 0.263. The molecule has 1 aliphatic rings. The van der Waals surface area contributed by atoms with Crippen LogP contribution in [0, 0.1) is 0 Å². The summed E-state index contributed by atoms with van der Waals surface area (Å²) >= 11 is 0. The summed E-state index contributed by atoms with van der Waals surface area (Å²) in [6.45, 7) is 1.78. The highest BCUT2D eigenvalue weighted by molar-refractivity contribution is 5.86. The Balaban J connectivity index is 1.31. The van der Waals surface area contributed by atoms with E-state index in [1.807, 2.05) is 24.3 Å². The van der Waals surface area contributed by atoms with Crippen molar-refractivity contribution in [3.63, 3.8) is 0 Å². The molecule has 7 nitrogen and oxygen atoms in total. The van der Waals surface area contributed by atoms with Gasteiger partial charge in [-0.1, -0.05) is 17.3 Å². The normalized spacial score (nSPS) is 15.0. The molecule has 0 atom stereocenters. The van der Waals surface area contributed by atoms with Gasteiger partial charge in [0, 0.05) is 42.4 Å². The zero-order valence-corrected chi connectivity index (χ0v) is 16.2. The van der Waals surface area contributed by atoms with E-state index in [1.165, 1.54) is 0 Å². The Morgan fingerprint density at radius 3 is 2.72 bits per heavy atom. The minimum absolute atomic E-state index is 0.263. The quantitative estimate of drug-likeness (QED) is 0.522. The van der Waals surface area contributed by atoms with Gasteiger partial charge in [-0.2, -0.15) is 4.98 Å². The summed E-state index contributed by atoms with van der Waals surface area (Å²) in [6.07, 6.45) is 5.37. The summed E-state index contributed by atoms with van der Waals surface area (Å²) in [5.41, 5.74) is 1.77. The number of pyridine rings is 2. The first-order valence-electron chi connectivity index (χ1n) is 9.74. The molecule has 1 saturated heterocycles. The number of hydrogen-bond donors (Lipinski definition) is 0. The highest BCUT2D eigenvalue weighted by atomic mass is 16.5. The van der Waals surface area contributed by atoms with Crippen LogP contribution in [-0.2, 0) is 0 Å². The SMILES string of the molecule is COc1cccc2ccc(N3CCC(c4nc(-c5cccnc5)no4)CC3)nc12. The Morgan fingerprint density at radius 2 is 1.93 bits per heavy atom. The molecule has 1 aliphatic heterocycles. The third-order valence-electron chi connectivity index (χ3n) is 5.42. The molecule has 0 spiro atoms. The lowest BCUT2D eigenvalue weighted by Gasteiger charge is -2.31. The number of aromatic nitrogens is 4. The molecule has 1 fully saturated rings. The molecule has 1 aromatic carbocycles. The zero-order chi connectivity index (χ0) is 19.6. The lowest BCUT2D eigenvalue weighted by Crippen LogP contribution is -2.33. The number of benzene rings is 1. The maximum absolute atomic E-state index is 5.55. The van der Waals surface area contributed by atoms with Gasteiger partial charge in [-0.15, -0.1) is 0 Å². The Bertz CT molecular complexity index is 1120. The number of ether oxygens (including phenoxy) is 1. The van der Waals surface area contributed by atoms with Crippen LogP contribution in [0.4, 0.5) is 5.82 Å². The van der Waals surface area contributed by atoms with E-state index in [0.717, 1.165) is 54.0 Å². The van der Waals surface area contributed by atoms with Gasteiger partial charge in [-0.05, 0) is 43.2 Å². The van der Waals surface area contributed by atoms with Gasteiger partial charge in [0.25, 0.3) is 0 Å². The van der Waals surface area contributed by atoms with Crippen molar-refractivity contribution in [2.75, 3.05) is 25.1 Å². The molecule has 5 rings (SSSR count). The second kappa shape index (κ2) is 7.50. The van der Waals surface area contributed by atoms with Gasteiger partial charge in [0.1, 0.15) is 17.1 Å². The van der Waals surface area contributed by atoms with Crippen LogP contribution in [0.2, 0.25) is 0 Å². The maximum Gasteiger partial charge on any atom is 0.230 e. The molecule has 0 saturated carbocycles. The minimum Gasteiger partial charge on any atom is -0.494 e. The third-order valence-corrected chi connectivity index (χ3v) is 5.42. The van der Waals surface area contributed by atoms with Crippen molar-refractivity contribution in [3.05, 3.63) is 60.7 Å². The van der Waals surface area contributed by atoms with Crippen molar-refractivity contribution in [2.24, 2.45) is 0 Å². The van der Waals surface area contributed by atoms with Crippen molar-refractivity contribution < 1.29 is 9.26 Å². The van der Waals surface area contributed by atoms with E-state index in [2.05, 4.69) is 38.2 Å². The molecule has 0 aliphatic carbocycles. The molecule has 7 heteroatoms. The summed E-state index contributed by atoms with van der Waals surface area (Å²) < 4.78 is 11.0. The molecule has 29 heavy (non-hydrogen) atoms. The highest BCUT2D eigenvalue weighted by Crippen LogP contribution is 2.32. The molecule has 3 aromatic heterocycles. The van der Waals surface area contributed by atoms with E-state index in [1.54, 1.807) is 19.5 Å². The standard InChI is InChI=1S/C22H21N5O2/c1-28-18-6-2-4-15-7-8-19(24-20(15)18)27-12-9-16(10-13-27)22-25-21(26-29-22)17-5-3-11-23-14-17/h2-8,11,14,16H,9-10,12-13H2,1H3. The van der Waals surface area contributed by atoms with Gasteiger partial charge in [-0.3, -0.25) is 4.98 Å².